The summed E-state index contributed by atoms with van der Waals surface area (Å²) in [5, 5.41) is 4.35. The Bertz CT molecular complexity index is 482. The lowest BCUT2D eigenvalue weighted by Gasteiger charge is -2.26. The molecular weight excluding hydrogens is 282 g/mol. The van der Waals surface area contributed by atoms with Crippen molar-refractivity contribution in [3.05, 3.63) is 28.3 Å². The van der Waals surface area contributed by atoms with Crippen molar-refractivity contribution in [1.29, 1.82) is 0 Å². The standard InChI is InChI=1S/C18H28ClNO/c1-13(2)20-9-8-18(3,4)7-5-14-11-16(19)12-15-6-10-21-17(14)15/h11-13,20H,5-10H2,1-4H3. The number of nitrogens with one attached hydrogen (secondary N) is 1. The lowest BCUT2D eigenvalue weighted by molar-refractivity contribution is 0.295. The number of fused-ring (bicyclic) bond motifs is 1. The average molecular weight is 310 g/mol. The fourth-order valence-corrected chi connectivity index (χ4v) is 3.09. The van der Waals surface area contributed by atoms with E-state index in [9.17, 15) is 0 Å². The van der Waals surface area contributed by atoms with Crippen molar-refractivity contribution < 1.29 is 4.74 Å². The fraction of sp³-hybridized carbons (Fsp3) is 0.667. The van der Waals surface area contributed by atoms with Crippen molar-refractivity contribution in [2.75, 3.05) is 13.2 Å². The SMILES string of the molecule is CC(C)NCCC(C)(C)CCc1cc(Cl)cc2c1OCC2. The molecule has 0 unspecified atom stereocenters. The van der Waals surface area contributed by atoms with E-state index in [-0.39, 0.29) is 0 Å². The molecule has 0 aromatic heterocycles. The third kappa shape index (κ3) is 4.89. The Morgan fingerprint density at radius 2 is 2.05 bits per heavy atom. The monoisotopic (exact) mass is 309 g/mol. The highest BCUT2D eigenvalue weighted by molar-refractivity contribution is 6.30. The highest BCUT2D eigenvalue weighted by atomic mass is 35.5. The zero-order valence-corrected chi connectivity index (χ0v) is 14.5. The summed E-state index contributed by atoms with van der Waals surface area (Å²) in [6.07, 6.45) is 4.37. The van der Waals surface area contributed by atoms with Crippen LogP contribution in [0.25, 0.3) is 0 Å². The van der Waals surface area contributed by atoms with Crippen LogP contribution in [0.2, 0.25) is 5.02 Å². The van der Waals surface area contributed by atoms with Gasteiger partial charge in [0.05, 0.1) is 6.61 Å². The Hall–Kier alpha value is -0.730. The quantitative estimate of drug-likeness (QED) is 0.793. The first kappa shape index (κ1) is 16.6. The van der Waals surface area contributed by atoms with Crippen molar-refractivity contribution >= 4 is 11.6 Å². The summed E-state index contributed by atoms with van der Waals surface area (Å²) < 4.78 is 5.79. The number of halogens is 1. The molecule has 0 saturated heterocycles. The van der Waals surface area contributed by atoms with E-state index >= 15 is 0 Å². The van der Waals surface area contributed by atoms with E-state index in [0.717, 1.165) is 43.2 Å². The Kier molecular flexibility index (Phi) is 5.56. The van der Waals surface area contributed by atoms with Gasteiger partial charge in [-0.25, -0.2) is 0 Å². The van der Waals surface area contributed by atoms with Crippen LogP contribution in [0, 0.1) is 5.41 Å². The van der Waals surface area contributed by atoms with E-state index in [4.69, 9.17) is 16.3 Å². The van der Waals surface area contributed by atoms with Crippen molar-refractivity contribution in [2.45, 2.75) is 59.4 Å². The average Bonchev–Trinajstić information content (AvgIpc) is 2.83. The van der Waals surface area contributed by atoms with E-state index in [1.54, 1.807) is 0 Å². The van der Waals surface area contributed by atoms with Gasteiger partial charge in [-0.05, 0) is 54.5 Å². The largest absolute Gasteiger partial charge is 0.493 e. The molecule has 0 saturated carbocycles. The van der Waals surface area contributed by atoms with E-state index in [1.165, 1.54) is 17.5 Å². The molecule has 1 aromatic carbocycles. The van der Waals surface area contributed by atoms with Gasteiger partial charge in [0.15, 0.2) is 0 Å². The zero-order chi connectivity index (χ0) is 15.5. The molecule has 1 heterocycles. The highest BCUT2D eigenvalue weighted by Gasteiger charge is 2.21. The van der Waals surface area contributed by atoms with Crippen LogP contribution >= 0.6 is 11.6 Å². The van der Waals surface area contributed by atoms with Crippen molar-refractivity contribution in [2.24, 2.45) is 5.41 Å². The molecule has 0 bridgehead atoms. The molecule has 1 aromatic rings. The number of aryl methyl sites for hydroxylation is 1. The molecule has 3 heteroatoms. The van der Waals surface area contributed by atoms with Gasteiger partial charge in [-0.15, -0.1) is 0 Å². The number of benzene rings is 1. The molecule has 0 atom stereocenters. The van der Waals surface area contributed by atoms with Crippen molar-refractivity contribution in [3.8, 4) is 5.75 Å². The molecule has 0 amide bonds. The minimum absolute atomic E-state index is 0.329. The van der Waals surface area contributed by atoms with Crippen LogP contribution < -0.4 is 10.1 Å². The third-order valence-electron chi connectivity index (χ3n) is 4.25. The lowest BCUT2D eigenvalue weighted by atomic mass is 9.83. The van der Waals surface area contributed by atoms with Crippen LogP contribution in [0.15, 0.2) is 12.1 Å². The topological polar surface area (TPSA) is 21.3 Å². The highest BCUT2D eigenvalue weighted by Crippen LogP contribution is 2.36. The second-order valence-electron chi connectivity index (χ2n) is 7.17. The maximum absolute atomic E-state index is 6.23. The van der Waals surface area contributed by atoms with Crippen LogP contribution in [0.1, 0.15) is 51.7 Å². The van der Waals surface area contributed by atoms with Crippen molar-refractivity contribution in [3.63, 3.8) is 0 Å². The third-order valence-corrected chi connectivity index (χ3v) is 4.47. The molecular formula is C18H28ClNO. The predicted octanol–water partition coefficient (Wildman–Crippen LogP) is 4.62. The smallest absolute Gasteiger partial charge is 0.125 e. The van der Waals surface area contributed by atoms with E-state index in [1.807, 2.05) is 6.07 Å². The Balaban J connectivity index is 1.93. The summed E-state index contributed by atoms with van der Waals surface area (Å²) >= 11 is 6.23. The number of hydrogen-bond acceptors (Lipinski definition) is 2. The van der Waals surface area contributed by atoms with Gasteiger partial charge in [0.1, 0.15) is 5.75 Å². The number of rotatable bonds is 7. The van der Waals surface area contributed by atoms with Crippen LogP contribution in [0.4, 0.5) is 0 Å². The lowest BCUT2D eigenvalue weighted by Crippen LogP contribution is -2.28. The molecule has 2 rings (SSSR count). The van der Waals surface area contributed by atoms with Crippen LogP contribution in [-0.4, -0.2) is 19.2 Å². The summed E-state index contributed by atoms with van der Waals surface area (Å²) in [5.41, 5.74) is 2.88. The first-order valence-electron chi connectivity index (χ1n) is 8.05. The summed E-state index contributed by atoms with van der Waals surface area (Å²) in [4.78, 5) is 0. The van der Waals surface area contributed by atoms with Crippen LogP contribution in [-0.2, 0) is 12.8 Å². The van der Waals surface area contributed by atoms with Gasteiger partial charge in [0, 0.05) is 17.5 Å². The zero-order valence-electron chi connectivity index (χ0n) is 13.8. The Morgan fingerprint density at radius 1 is 1.29 bits per heavy atom. The molecule has 1 aliphatic heterocycles. The molecule has 1 N–H and O–H groups in total. The minimum atomic E-state index is 0.329. The van der Waals surface area contributed by atoms with Gasteiger partial charge in [-0.2, -0.15) is 0 Å². The molecule has 0 fully saturated rings. The molecule has 0 aliphatic carbocycles. The van der Waals surface area contributed by atoms with Gasteiger partial charge in [-0.3, -0.25) is 0 Å². The van der Waals surface area contributed by atoms with Gasteiger partial charge < -0.3 is 10.1 Å². The maximum atomic E-state index is 6.23. The normalized spacial score (nSPS) is 14.4. The van der Waals surface area contributed by atoms with Gasteiger partial charge in [0.2, 0.25) is 0 Å². The first-order valence-corrected chi connectivity index (χ1v) is 8.43. The van der Waals surface area contributed by atoms with E-state index in [2.05, 4.69) is 39.1 Å². The number of ether oxygens (including phenoxy) is 1. The maximum Gasteiger partial charge on any atom is 0.125 e. The number of hydrogen-bond donors (Lipinski definition) is 1. The molecule has 21 heavy (non-hydrogen) atoms. The van der Waals surface area contributed by atoms with E-state index < -0.39 is 0 Å². The van der Waals surface area contributed by atoms with Crippen LogP contribution in [0.5, 0.6) is 5.75 Å². The van der Waals surface area contributed by atoms with Crippen molar-refractivity contribution in [1.82, 2.24) is 5.32 Å². The minimum Gasteiger partial charge on any atom is -0.493 e. The summed E-state index contributed by atoms with van der Waals surface area (Å²) in [7, 11) is 0. The van der Waals surface area contributed by atoms with Gasteiger partial charge in [0.25, 0.3) is 0 Å². The molecule has 1 aliphatic rings. The summed E-state index contributed by atoms with van der Waals surface area (Å²) in [6, 6.07) is 4.68. The first-order chi connectivity index (χ1) is 9.87. The van der Waals surface area contributed by atoms with Gasteiger partial charge >= 0.3 is 0 Å². The summed E-state index contributed by atoms with van der Waals surface area (Å²) in [5.74, 6) is 1.09. The molecule has 118 valence electrons. The Morgan fingerprint density at radius 3 is 2.76 bits per heavy atom. The predicted molar refractivity (Wildman–Crippen MR) is 90.5 cm³/mol. The fourth-order valence-electron chi connectivity index (χ4n) is 2.83. The van der Waals surface area contributed by atoms with Gasteiger partial charge in [-0.1, -0.05) is 39.3 Å². The second-order valence-corrected chi connectivity index (χ2v) is 7.61. The van der Waals surface area contributed by atoms with Crippen LogP contribution in [0.3, 0.4) is 0 Å². The molecule has 0 radical (unpaired) electrons. The molecule has 0 spiro atoms. The Labute approximate surface area is 134 Å². The summed E-state index contributed by atoms with van der Waals surface area (Å²) in [6.45, 7) is 11.0. The molecule has 2 nitrogen and oxygen atoms in total. The second kappa shape index (κ2) is 7.02. The van der Waals surface area contributed by atoms with E-state index in [0.29, 0.717) is 11.5 Å².